The summed E-state index contributed by atoms with van der Waals surface area (Å²) in [5.74, 6) is -1.64. The minimum absolute atomic E-state index is 0.00530. The summed E-state index contributed by atoms with van der Waals surface area (Å²) < 4.78 is 21.1. The second-order valence-corrected chi connectivity index (χ2v) is 6.30. The summed E-state index contributed by atoms with van der Waals surface area (Å²) in [4.78, 5) is 23.7. The van der Waals surface area contributed by atoms with Crippen LogP contribution in [0.1, 0.15) is 11.1 Å². The molecule has 1 unspecified atom stereocenters. The fourth-order valence-electron chi connectivity index (χ4n) is 3.13. The smallest absolute Gasteiger partial charge is 0.332 e. The average Bonchev–Trinajstić information content (AvgIpc) is 3.32. The van der Waals surface area contributed by atoms with Gasteiger partial charge in [0, 0.05) is 0 Å². The molecule has 144 valence electrons. The largest absolute Gasteiger partial charge is 0.481 e. The maximum Gasteiger partial charge on any atom is 0.332 e. The lowest BCUT2D eigenvalue weighted by Gasteiger charge is -2.14. The zero-order valence-corrected chi connectivity index (χ0v) is 14.6. The molecular formula is C20H16O8. The first-order chi connectivity index (χ1) is 13.5. The van der Waals surface area contributed by atoms with E-state index in [-0.39, 0.29) is 25.6 Å². The van der Waals surface area contributed by atoms with E-state index in [1.54, 1.807) is 36.4 Å². The highest BCUT2D eigenvalue weighted by Gasteiger charge is 2.29. The van der Waals surface area contributed by atoms with Crippen molar-refractivity contribution in [1.82, 2.24) is 0 Å². The van der Waals surface area contributed by atoms with Crippen LogP contribution in [0.2, 0.25) is 0 Å². The van der Waals surface area contributed by atoms with Crippen molar-refractivity contribution in [2.24, 2.45) is 5.92 Å². The predicted molar refractivity (Wildman–Crippen MR) is 95.6 cm³/mol. The number of ether oxygens (including phenoxy) is 4. The molecule has 0 fully saturated rings. The molecule has 28 heavy (non-hydrogen) atoms. The summed E-state index contributed by atoms with van der Waals surface area (Å²) >= 11 is 0. The van der Waals surface area contributed by atoms with E-state index in [9.17, 15) is 19.8 Å². The Morgan fingerprint density at radius 3 is 2.14 bits per heavy atom. The van der Waals surface area contributed by atoms with Crippen molar-refractivity contribution in [1.29, 1.82) is 0 Å². The summed E-state index contributed by atoms with van der Waals surface area (Å²) in [6.45, 7) is 0.196. The third-order valence-corrected chi connectivity index (χ3v) is 4.52. The molecule has 2 aliphatic heterocycles. The third kappa shape index (κ3) is 3.44. The van der Waals surface area contributed by atoms with Crippen LogP contribution in [-0.4, -0.2) is 35.7 Å². The van der Waals surface area contributed by atoms with Gasteiger partial charge in [-0.25, -0.2) is 4.79 Å². The number of carboxylic acids is 2. The predicted octanol–water partition coefficient (Wildman–Crippen LogP) is 2.56. The van der Waals surface area contributed by atoms with E-state index in [2.05, 4.69) is 0 Å². The number of aliphatic carboxylic acids is 2. The summed E-state index contributed by atoms with van der Waals surface area (Å²) in [5, 5.41) is 19.3. The van der Waals surface area contributed by atoms with Crippen LogP contribution >= 0.6 is 0 Å². The molecular weight excluding hydrogens is 368 g/mol. The van der Waals surface area contributed by atoms with Crippen molar-refractivity contribution < 1.29 is 38.7 Å². The van der Waals surface area contributed by atoms with Crippen molar-refractivity contribution in [3.63, 3.8) is 0 Å². The molecule has 2 aromatic carbocycles. The highest BCUT2D eigenvalue weighted by atomic mass is 16.7. The van der Waals surface area contributed by atoms with Crippen LogP contribution in [0.5, 0.6) is 23.0 Å². The Morgan fingerprint density at radius 2 is 1.50 bits per heavy atom. The molecule has 0 radical (unpaired) electrons. The maximum absolute atomic E-state index is 11.9. The lowest BCUT2D eigenvalue weighted by Crippen LogP contribution is -2.23. The fourth-order valence-corrected chi connectivity index (χ4v) is 3.13. The zero-order valence-electron chi connectivity index (χ0n) is 14.6. The summed E-state index contributed by atoms with van der Waals surface area (Å²) in [5.41, 5.74) is 0.914. The molecule has 0 spiro atoms. The van der Waals surface area contributed by atoms with E-state index in [1.807, 2.05) is 0 Å². The van der Waals surface area contributed by atoms with Gasteiger partial charge in [0.1, 0.15) is 0 Å². The minimum atomic E-state index is -1.30. The number of rotatable bonds is 6. The number of carboxylic acid groups (broad SMARTS) is 2. The Bertz CT molecular complexity index is 978. The maximum atomic E-state index is 11.9. The van der Waals surface area contributed by atoms with Gasteiger partial charge >= 0.3 is 11.9 Å². The zero-order chi connectivity index (χ0) is 19.7. The molecule has 0 amide bonds. The van der Waals surface area contributed by atoms with Gasteiger partial charge in [-0.05, 0) is 47.9 Å². The van der Waals surface area contributed by atoms with E-state index >= 15 is 0 Å². The van der Waals surface area contributed by atoms with E-state index < -0.39 is 17.9 Å². The van der Waals surface area contributed by atoms with Gasteiger partial charge < -0.3 is 29.2 Å². The number of carbonyl (C=O) groups is 2. The third-order valence-electron chi connectivity index (χ3n) is 4.52. The van der Waals surface area contributed by atoms with Gasteiger partial charge in [-0.2, -0.15) is 0 Å². The Labute approximate surface area is 159 Å². The van der Waals surface area contributed by atoms with Gasteiger partial charge in [0.25, 0.3) is 0 Å². The van der Waals surface area contributed by atoms with Crippen LogP contribution in [0, 0.1) is 5.92 Å². The topological polar surface area (TPSA) is 112 Å². The lowest BCUT2D eigenvalue weighted by atomic mass is 9.90. The molecule has 8 heteroatoms. The quantitative estimate of drug-likeness (QED) is 0.731. The molecule has 2 aliphatic rings. The first-order valence-electron chi connectivity index (χ1n) is 8.47. The van der Waals surface area contributed by atoms with Gasteiger partial charge in [0.15, 0.2) is 23.0 Å². The minimum Gasteiger partial charge on any atom is -0.481 e. The number of fused-ring (bicyclic) bond motifs is 2. The second kappa shape index (κ2) is 7.15. The normalized spacial score (nSPS) is 15.4. The van der Waals surface area contributed by atoms with Crippen LogP contribution in [0.3, 0.4) is 0 Å². The van der Waals surface area contributed by atoms with Crippen molar-refractivity contribution in [2.75, 3.05) is 13.6 Å². The Balaban J connectivity index is 1.65. The van der Waals surface area contributed by atoms with Crippen molar-refractivity contribution >= 4 is 18.0 Å². The highest BCUT2D eigenvalue weighted by Crippen LogP contribution is 2.35. The van der Waals surface area contributed by atoms with Gasteiger partial charge in [0.2, 0.25) is 13.6 Å². The molecule has 0 saturated carbocycles. The van der Waals surface area contributed by atoms with Crippen LogP contribution in [-0.2, 0) is 16.0 Å². The van der Waals surface area contributed by atoms with Crippen molar-refractivity contribution in [3.8, 4) is 23.0 Å². The lowest BCUT2D eigenvalue weighted by molar-refractivity contribution is -0.143. The van der Waals surface area contributed by atoms with E-state index in [1.165, 1.54) is 6.08 Å². The standard InChI is InChI=1S/C20H16O8/c21-19(22)13(5-11-1-3-15-17(7-11)27-9-25-15)14(20(23)24)6-12-2-4-16-18(8-12)28-10-26-16/h1-5,7-8,14H,6,9-10H2,(H,21,22)(H,23,24)/b13-5+. The Morgan fingerprint density at radius 1 is 0.893 bits per heavy atom. The molecule has 2 heterocycles. The molecule has 0 bridgehead atoms. The van der Waals surface area contributed by atoms with Crippen LogP contribution in [0.15, 0.2) is 42.0 Å². The molecule has 0 saturated heterocycles. The summed E-state index contributed by atoms with van der Waals surface area (Å²) in [6, 6.07) is 9.96. The van der Waals surface area contributed by atoms with Gasteiger partial charge in [-0.15, -0.1) is 0 Å². The first-order valence-corrected chi connectivity index (χ1v) is 8.47. The van der Waals surface area contributed by atoms with Gasteiger partial charge in [0.05, 0.1) is 11.5 Å². The van der Waals surface area contributed by atoms with E-state index in [0.717, 1.165) is 0 Å². The van der Waals surface area contributed by atoms with Gasteiger partial charge in [-0.3, -0.25) is 4.79 Å². The molecule has 8 nitrogen and oxygen atoms in total. The second-order valence-electron chi connectivity index (χ2n) is 6.30. The highest BCUT2D eigenvalue weighted by molar-refractivity contribution is 5.98. The van der Waals surface area contributed by atoms with Crippen LogP contribution < -0.4 is 18.9 Å². The Hall–Kier alpha value is -3.68. The summed E-state index contributed by atoms with van der Waals surface area (Å²) in [6.07, 6.45) is 1.34. The number of hydrogen-bond donors (Lipinski definition) is 2. The van der Waals surface area contributed by atoms with Crippen LogP contribution in [0.25, 0.3) is 6.08 Å². The average molecular weight is 384 g/mol. The van der Waals surface area contributed by atoms with E-state index in [0.29, 0.717) is 34.1 Å². The molecule has 0 aliphatic carbocycles. The van der Waals surface area contributed by atoms with E-state index in [4.69, 9.17) is 18.9 Å². The monoisotopic (exact) mass is 384 g/mol. The molecule has 0 aromatic heterocycles. The number of hydrogen-bond acceptors (Lipinski definition) is 6. The molecule has 1 atom stereocenters. The van der Waals surface area contributed by atoms with Crippen molar-refractivity contribution in [2.45, 2.75) is 6.42 Å². The fraction of sp³-hybridized carbons (Fsp3) is 0.200. The Kier molecular flexibility index (Phi) is 4.52. The van der Waals surface area contributed by atoms with Gasteiger partial charge in [-0.1, -0.05) is 12.1 Å². The SMILES string of the molecule is O=C(O)/C(=C/c1ccc2c(c1)OCO2)C(Cc1ccc2c(c1)OCO2)C(=O)O. The first kappa shape index (κ1) is 17.7. The van der Waals surface area contributed by atoms with Crippen molar-refractivity contribution in [3.05, 3.63) is 53.1 Å². The molecule has 4 rings (SSSR count). The summed E-state index contributed by atoms with van der Waals surface area (Å²) in [7, 11) is 0. The van der Waals surface area contributed by atoms with Crippen LogP contribution in [0.4, 0.5) is 0 Å². The number of benzene rings is 2. The molecule has 2 aromatic rings. The molecule has 2 N–H and O–H groups in total.